The maximum absolute atomic E-state index is 12.7. The second kappa shape index (κ2) is 5.40. The average Bonchev–Trinajstić information content (AvgIpc) is 2.28. The van der Waals surface area contributed by atoms with Crippen LogP contribution >= 0.6 is 0 Å². The lowest BCUT2D eigenvalue weighted by atomic mass is 9.96. The van der Waals surface area contributed by atoms with Crippen LogP contribution in [0.3, 0.4) is 0 Å². The SMILES string of the molecule is CC(C)(C#N)CNCc1ccccc1C(F)(F)F. The molecule has 0 unspecified atom stereocenters. The van der Waals surface area contributed by atoms with Crippen LogP contribution in [0.1, 0.15) is 25.0 Å². The highest BCUT2D eigenvalue weighted by Crippen LogP contribution is 2.31. The number of nitrogens with zero attached hydrogens (tertiary/aromatic N) is 1. The van der Waals surface area contributed by atoms with Crippen LogP contribution in [0.5, 0.6) is 0 Å². The van der Waals surface area contributed by atoms with Gasteiger partial charge in [0.25, 0.3) is 0 Å². The molecule has 0 saturated carbocycles. The molecule has 1 N–H and O–H groups in total. The maximum Gasteiger partial charge on any atom is 0.416 e. The molecule has 1 aromatic rings. The summed E-state index contributed by atoms with van der Waals surface area (Å²) in [5.74, 6) is 0. The molecule has 5 heteroatoms. The monoisotopic (exact) mass is 256 g/mol. The van der Waals surface area contributed by atoms with E-state index in [1.165, 1.54) is 12.1 Å². The Kier molecular flexibility index (Phi) is 4.36. The summed E-state index contributed by atoms with van der Waals surface area (Å²) in [5.41, 5.74) is -1.03. The Labute approximate surface area is 104 Å². The first-order chi connectivity index (χ1) is 8.26. The fraction of sp³-hybridized carbons (Fsp3) is 0.462. The van der Waals surface area contributed by atoms with E-state index in [-0.39, 0.29) is 12.1 Å². The predicted molar refractivity (Wildman–Crippen MR) is 62.5 cm³/mol. The lowest BCUT2D eigenvalue weighted by Gasteiger charge is -2.17. The van der Waals surface area contributed by atoms with Crippen molar-refractivity contribution in [2.75, 3.05) is 6.54 Å². The quantitative estimate of drug-likeness (QED) is 0.896. The number of hydrogen-bond donors (Lipinski definition) is 1. The molecule has 0 saturated heterocycles. The van der Waals surface area contributed by atoms with E-state index in [1.807, 2.05) is 0 Å². The van der Waals surface area contributed by atoms with Crippen molar-refractivity contribution in [1.29, 1.82) is 5.26 Å². The van der Waals surface area contributed by atoms with Crippen LogP contribution in [-0.4, -0.2) is 6.54 Å². The molecule has 0 aliphatic rings. The molecule has 0 heterocycles. The van der Waals surface area contributed by atoms with Gasteiger partial charge in [0.2, 0.25) is 0 Å². The van der Waals surface area contributed by atoms with Crippen LogP contribution in [-0.2, 0) is 12.7 Å². The van der Waals surface area contributed by atoms with Crippen LogP contribution in [0, 0.1) is 16.7 Å². The highest BCUT2D eigenvalue weighted by molar-refractivity contribution is 5.29. The van der Waals surface area contributed by atoms with Gasteiger partial charge >= 0.3 is 6.18 Å². The van der Waals surface area contributed by atoms with Crippen molar-refractivity contribution >= 4 is 0 Å². The van der Waals surface area contributed by atoms with Crippen LogP contribution in [0.15, 0.2) is 24.3 Å². The van der Waals surface area contributed by atoms with E-state index in [9.17, 15) is 13.2 Å². The fourth-order valence-corrected chi connectivity index (χ4v) is 1.50. The highest BCUT2D eigenvalue weighted by Gasteiger charge is 2.32. The molecule has 0 atom stereocenters. The van der Waals surface area contributed by atoms with E-state index < -0.39 is 17.2 Å². The largest absolute Gasteiger partial charge is 0.416 e. The van der Waals surface area contributed by atoms with Crippen LogP contribution < -0.4 is 5.32 Å². The summed E-state index contributed by atoms with van der Waals surface area (Å²) in [6.07, 6.45) is -4.34. The van der Waals surface area contributed by atoms with Crippen LogP contribution in [0.2, 0.25) is 0 Å². The first-order valence-electron chi connectivity index (χ1n) is 5.53. The molecule has 0 bridgehead atoms. The molecule has 0 aromatic heterocycles. The summed E-state index contributed by atoms with van der Waals surface area (Å²) in [7, 11) is 0. The zero-order chi connectivity index (χ0) is 13.8. The molecule has 0 spiro atoms. The minimum absolute atomic E-state index is 0.0980. The van der Waals surface area contributed by atoms with Gasteiger partial charge in [-0.1, -0.05) is 18.2 Å². The molecule has 2 nitrogen and oxygen atoms in total. The number of alkyl halides is 3. The van der Waals surface area contributed by atoms with Crippen molar-refractivity contribution in [3.63, 3.8) is 0 Å². The predicted octanol–water partition coefficient (Wildman–Crippen LogP) is 3.34. The number of nitriles is 1. The maximum atomic E-state index is 12.7. The van der Waals surface area contributed by atoms with Gasteiger partial charge in [0.05, 0.1) is 17.0 Å². The lowest BCUT2D eigenvalue weighted by Crippen LogP contribution is -2.28. The fourth-order valence-electron chi connectivity index (χ4n) is 1.50. The van der Waals surface area contributed by atoms with E-state index in [4.69, 9.17) is 5.26 Å². The van der Waals surface area contributed by atoms with Crippen LogP contribution in [0.4, 0.5) is 13.2 Å². The summed E-state index contributed by atoms with van der Waals surface area (Å²) in [4.78, 5) is 0. The normalized spacial score (nSPS) is 12.2. The smallest absolute Gasteiger partial charge is 0.311 e. The molecule has 0 aliphatic heterocycles. The third kappa shape index (κ3) is 4.04. The number of benzene rings is 1. The number of rotatable bonds is 4. The topological polar surface area (TPSA) is 35.8 Å². The zero-order valence-corrected chi connectivity index (χ0v) is 10.3. The standard InChI is InChI=1S/C13H15F3N2/c1-12(2,8-17)9-18-7-10-5-3-4-6-11(10)13(14,15)16/h3-6,18H,7,9H2,1-2H3. The van der Waals surface area contributed by atoms with Crippen molar-refractivity contribution in [1.82, 2.24) is 5.32 Å². The number of hydrogen-bond acceptors (Lipinski definition) is 2. The van der Waals surface area contributed by atoms with Gasteiger partial charge in [0, 0.05) is 13.1 Å². The second-order valence-electron chi connectivity index (χ2n) is 4.75. The van der Waals surface area contributed by atoms with E-state index in [0.29, 0.717) is 6.54 Å². The zero-order valence-electron chi connectivity index (χ0n) is 10.3. The van der Waals surface area contributed by atoms with E-state index >= 15 is 0 Å². The first-order valence-corrected chi connectivity index (χ1v) is 5.53. The lowest BCUT2D eigenvalue weighted by molar-refractivity contribution is -0.138. The molecule has 98 valence electrons. The highest BCUT2D eigenvalue weighted by atomic mass is 19.4. The molecule has 0 radical (unpaired) electrons. The van der Waals surface area contributed by atoms with E-state index in [0.717, 1.165) is 6.07 Å². The van der Waals surface area contributed by atoms with Crippen molar-refractivity contribution < 1.29 is 13.2 Å². The Bertz CT molecular complexity index is 444. The Morgan fingerprint density at radius 1 is 1.22 bits per heavy atom. The summed E-state index contributed by atoms with van der Waals surface area (Å²) < 4.78 is 38.1. The van der Waals surface area contributed by atoms with Crippen molar-refractivity contribution in [2.24, 2.45) is 5.41 Å². The molecule has 18 heavy (non-hydrogen) atoms. The van der Waals surface area contributed by atoms with E-state index in [1.54, 1.807) is 19.9 Å². The van der Waals surface area contributed by atoms with Crippen molar-refractivity contribution in [2.45, 2.75) is 26.6 Å². The molecule has 1 rings (SSSR count). The molecular formula is C13H15F3N2. The average molecular weight is 256 g/mol. The van der Waals surface area contributed by atoms with Gasteiger partial charge < -0.3 is 5.32 Å². The Balaban J connectivity index is 2.72. The number of halogens is 3. The van der Waals surface area contributed by atoms with Crippen LogP contribution in [0.25, 0.3) is 0 Å². The summed E-state index contributed by atoms with van der Waals surface area (Å²) in [6, 6.07) is 7.53. The molecule has 0 fully saturated rings. The second-order valence-corrected chi connectivity index (χ2v) is 4.75. The van der Waals surface area contributed by atoms with Gasteiger partial charge in [-0.25, -0.2) is 0 Å². The molecule has 0 aliphatic carbocycles. The first kappa shape index (κ1) is 14.5. The van der Waals surface area contributed by atoms with Gasteiger partial charge in [-0.3, -0.25) is 0 Å². The minimum Gasteiger partial charge on any atom is -0.311 e. The Hall–Kier alpha value is -1.54. The summed E-state index contributed by atoms with van der Waals surface area (Å²) in [6.45, 7) is 3.90. The van der Waals surface area contributed by atoms with E-state index in [2.05, 4.69) is 11.4 Å². The third-order valence-corrected chi connectivity index (χ3v) is 2.51. The minimum atomic E-state index is -4.34. The van der Waals surface area contributed by atoms with Crippen molar-refractivity contribution in [3.05, 3.63) is 35.4 Å². The van der Waals surface area contributed by atoms with Gasteiger partial charge in [-0.15, -0.1) is 0 Å². The Morgan fingerprint density at radius 2 is 1.83 bits per heavy atom. The molecular weight excluding hydrogens is 241 g/mol. The van der Waals surface area contributed by atoms with Gasteiger partial charge in [-0.05, 0) is 25.5 Å². The third-order valence-electron chi connectivity index (χ3n) is 2.51. The molecule has 0 amide bonds. The van der Waals surface area contributed by atoms with Crippen molar-refractivity contribution in [3.8, 4) is 6.07 Å². The Morgan fingerprint density at radius 3 is 2.39 bits per heavy atom. The summed E-state index contributed by atoms with van der Waals surface area (Å²) >= 11 is 0. The number of nitrogens with one attached hydrogen (secondary N) is 1. The summed E-state index contributed by atoms with van der Waals surface area (Å²) in [5, 5.41) is 11.7. The molecule has 1 aromatic carbocycles. The van der Waals surface area contributed by atoms with Gasteiger partial charge in [0.1, 0.15) is 0 Å². The van der Waals surface area contributed by atoms with Gasteiger partial charge in [-0.2, -0.15) is 18.4 Å². The van der Waals surface area contributed by atoms with Gasteiger partial charge in [0.15, 0.2) is 0 Å².